The lowest BCUT2D eigenvalue weighted by Gasteiger charge is -1.84. The second-order valence-electron chi connectivity index (χ2n) is 1.38. The van der Waals surface area contributed by atoms with Crippen LogP contribution in [-0.4, -0.2) is 11.7 Å². The molecular formula is C5HN6P. The standard InChI is InChI=1S/C5HN6P/c6-1-5(2-7)12(10-3-8)11-4-9/h5H. The zero-order valence-corrected chi connectivity index (χ0v) is 6.60. The van der Waals surface area contributed by atoms with Crippen molar-refractivity contribution in [1.29, 1.82) is 15.8 Å². The first kappa shape index (κ1) is 9.95. The Morgan fingerprint density at radius 2 is 1.83 bits per heavy atom. The maximum atomic E-state index is 8.35. The number of rotatable bonds is 2. The molecule has 0 rings (SSSR count). The molecule has 0 spiro atoms. The molecule has 0 aromatic carbocycles. The van der Waals surface area contributed by atoms with Crippen molar-refractivity contribution in [2.45, 2.75) is 5.66 Å². The van der Waals surface area contributed by atoms with E-state index in [1.54, 1.807) is 12.1 Å². The Kier molecular flexibility index (Phi) is 4.74. The molecule has 0 saturated carbocycles. The summed E-state index contributed by atoms with van der Waals surface area (Å²) in [6.45, 7) is 0. The van der Waals surface area contributed by atoms with Gasteiger partial charge in [0.15, 0.2) is 0 Å². The van der Waals surface area contributed by atoms with Gasteiger partial charge in [-0.1, -0.05) is 0 Å². The smallest absolute Gasteiger partial charge is 0.314 e. The van der Waals surface area contributed by atoms with Crippen LogP contribution in [-0.2, 0) is 0 Å². The Bertz CT molecular complexity index is 343. The molecule has 0 saturated heterocycles. The van der Waals surface area contributed by atoms with Gasteiger partial charge in [0.25, 0.3) is 0 Å². The lowest BCUT2D eigenvalue weighted by atomic mass is 10.5. The van der Waals surface area contributed by atoms with Crippen molar-refractivity contribution in [3.8, 4) is 18.3 Å². The predicted molar refractivity (Wildman–Crippen MR) is 40.8 cm³/mol. The minimum atomic E-state index is -1.82. The summed E-state index contributed by atoms with van der Waals surface area (Å²) in [7, 11) is -1.82. The fourth-order valence-corrected chi connectivity index (χ4v) is 1.03. The van der Waals surface area contributed by atoms with E-state index < -0.39 is 13.5 Å². The van der Waals surface area contributed by atoms with Crippen LogP contribution < -0.4 is 0 Å². The topological polar surface area (TPSA) is 118 Å². The molecular weight excluding hydrogens is 175 g/mol. The summed E-state index contributed by atoms with van der Waals surface area (Å²) in [6, 6.07) is 4.61. The summed E-state index contributed by atoms with van der Waals surface area (Å²) in [5.74, 6) is 0. The third-order valence-electron chi connectivity index (χ3n) is 0.770. The molecule has 0 aromatic rings. The van der Waals surface area contributed by atoms with E-state index in [1.807, 2.05) is 0 Å². The van der Waals surface area contributed by atoms with Crippen LogP contribution in [0, 0.1) is 34.1 Å². The van der Waals surface area contributed by atoms with E-state index in [-0.39, 0.29) is 0 Å². The van der Waals surface area contributed by atoms with Gasteiger partial charge in [-0.15, -0.1) is 6.01 Å². The summed E-state index contributed by atoms with van der Waals surface area (Å²) < 4.78 is 6.38. The molecule has 0 N–H and O–H groups in total. The van der Waals surface area contributed by atoms with Gasteiger partial charge < -0.3 is 5.41 Å². The van der Waals surface area contributed by atoms with Crippen LogP contribution in [0.25, 0.3) is 5.41 Å². The second-order valence-corrected chi connectivity index (χ2v) is 2.94. The van der Waals surface area contributed by atoms with Gasteiger partial charge in [0.05, 0.1) is 0 Å². The molecule has 0 heterocycles. The first-order valence-corrected chi connectivity index (χ1v) is 3.89. The van der Waals surface area contributed by atoms with E-state index >= 15 is 0 Å². The molecule has 12 heavy (non-hydrogen) atoms. The van der Waals surface area contributed by atoms with Crippen molar-refractivity contribution in [1.82, 2.24) is 0 Å². The molecule has 0 fully saturated rings. The van der Waals surface area contributed by atoms with Crippen molar-refractivity contribution in [2.24, 2.45) is 9.51 Å². The molecule has 0 aliphatic rings. The monoisotopic (exact) mass is 176 g/mol. The van der Waals surface area contributed by atoms with E-state index in [4.69, 9.17) is 21.2 Å². The van der Waals surface area contributed by atoms with E-state index in [1.165, 1.54) is 12.2 Å². The Labute approximate surface area is 69.4 Å². The molecule has 0 aliphatic carbocycles. The largest absolute Gasteiger partial charge is 0.419 e. The normalized spacial score (nSPS) is 9.00. The van der Waals surface area contributed by atoms with Gasteiger partial charge in [-0.2, -0.15) is 15.8 Å². The number of nitriles is 3. The van der Waals surface area contributed by atoms with E-state index in [9.17, 15) is 0 Å². The number of hydrogen-bond donors (Lipinski definition) is 0. The highest BCUT2D eigenvalue weighted by atomic mass is 31.1. The fraction of sp³-hybridized carbons (Fsp3) is 0.200. The average Bonchev–Trinajstić information content (AvgIpc) is 2.07. The van der Waals surface area contributed by atoms with Crippen LogP contribution in [0.5, 0.6) is 0 Å². The van der Waals surface area contributed by atoms with Crippen LogP contribution >= 0.6 is 7.86 Å². The van der Waals surface area contributed by atoms with Crippen molar-refractivity contribution < 1.29 is 0 Å². The summed E-state index contributed by atoms with van der Waals surface area (Å²) in [5.41, 5.74) is -1.11. The van der Waals surface area contributed by atoms with Gasteiger partial charge >= 0.3 is 13.5 Å². The zero-order valence-electron chi connectivity index (χ0n) is 5.71. The highest BCUT2D eigenvalue weighted by molar-refractivity contribution is 7.47. The highest BCUT2D eigenvalue weighted by Crippen LogP contribution is 2.32. The quantitative estimate of drug-likeness (QED) is 0.357. The number of nitrogens with zero attached hydrogens (tertiary/aromatic N) is 6. The highest BCUT2D eigenvalue weighted by Gasteiger charge is 2.22. The Balaban J connectivity index is 4.94. The average molecular weight is 176 g/mol. The Morgan fingerprint density at radius 1 is 1.25 bits per heavy atom. The van der Waals surface area contributed by atoms with Crippen LogP contribution in [0.2, 0.25) is 0 Å². The summed E-state index contributed by atoms with van der Waals surface area (Å²) in [6.07, 6.45) is 1.41. The van der Waals surface area contributed by atoms with Crippen LogP contribution in [0.1, 0.15) is 0 Å². The van der Waals surface area contributed by atoms with Crippen molar-refractivity contribution in [3.63, 3.8) is 0 Å². The van der Waals surface area contributed by atoms with E-state index in [0.717, 1.165) is 0 Å². The molecule has 7 heteroatoms. The zero-order chi connectivity index (χ0) is 9.40. The van der Waals surface area contributed by atoms with Gasteiger partial charge in [-0.3, -0.25) is 0 Å². The van der Waals surface area contributed by atoms with Gasteiger partial charge in [0, 0.05) is 4.74 Å². The van der Waals surface area contributed by atoms with Crippen molar-refractivity contribution in [3.05, 3.63) is 5.41 Å². The molecule has 0 aromatic heterocycles. The minimum absolute atomic E-state index is 1.11. The number of hydrogen-bond acceptors (Lipinski definition) is 4. The Hall–Kier alpha value is -2.05. The predicted octanol–water partition coefficient (Wildman–Crippen LogP) is 1.21. The molecule has 0 bridgehead atoms. The summed E-state index contributed by atoms with van der Waals surface area (Å²) in [5, 5.41) is 32.9. The van der Waals surface area contributed by atoms with Crippen molar-refractivity contribution >= 4 is 13.9 Å². The molecule has 56 valence electrons. The maximum absolute atomic E-state index is 8.35. The molecule has 1 atom stereocenters. The van der Waals surface area contributed by atoms with Crippen LogP contribution in [0.4, 0.5) is 0 Å². The Morgan fingerprint density at radius 3 is 2.17 bits per heavy atom. The fourth-order valence-electron chi connectivity index (χ4n) is 0.362. The first-order chi connectivity index (χ1) is 5.79. The molecule has 1 unspecified atom stereocenters. The molecule has 0 radical (unpaired) electrons. The molecule has 0 aliphatic heterocycles. The van der Waals surface area contributed by atoms with E-state index in [2.05, 4.69) is 9.51 Å². The van der Waals surface area contributed by atoms with Gasteiger partial charge in [0.2, 0.25) is 6.19 Å². The minimum Gasteiger partial charge on any atom is -0.419 e. The van der Waals surface area contributed by atoms with Gasteiger partial charge in [-0.25, -0.2) is 4.76 Å². The van der Waals surface area contributed by atoms with Crippen LogP contribution in [0.3, 0.4) is 0 Å². The van der Waals surface area contributed by atoms with Gasteiger partial charge in [-0.05, 0) is 0 Å². The second kappa shape index (κ2) is 5.71. The summed E-state index contributed by atoms with van der Waals surface area (Å²) in [4.78, 5) is 0. The van der Waals surface area contributed by atoms with Crippen molar-refractivity contribution in [2.75, 3.05) is 0 Å². The van der Waals surface area contributed by atoms with Crippen LogP contribution in [0.15, 0.2) is 9.51 Å². The summed E-state index contributed by atoms with van der Waals surface area (Å²) >= 11 is 0. The molecule has 6 nitrogen and oxygen atoms in total. The third-order valence-corrected chi connectivity index (χ3v) is 2.05. The van der Waals surface area contributed by atoms with E-state index in [0.29, 0.717) is 0 Å². The maximum Gasteiger partial charge on any atom is 0.314 e. The third kappa shape index (κ3) is 2.69. The SMILES string of the molecule is N#CN=[P+](N=C=[N-])C(C#N)C#N. The lowest BCUT2D eigenvalue weighted by Crippen LogP contribution is -1.90. The van der Waals surface area contributed by atoms with Gasteiger partial charge in [0.1, 0.15) is 12.1 Å². The molecule has 0 amide bonds. The first-order valence-electron chi connectivity index (χ1n) is 2.58. The lowest BCUT2D eigenvalue weighted by molar-refractivity contribution is 1.32.